The van der Waals surface area contributed by atoms with E-state index in [0.717, 1.165) is 11.3 Å². The monoisotopic (exact) mass is 218 g/mol. The van der Waals surface area contributed by atoms with E-state index in [1.165, 1.54) is 0 Å². The Kier molecular flexibility index (Phi) is 2.44. The standard InChI is InChI=1S/C11H14N4O/c1-15-6-11(16)14-5-10(15)7-2-3-8(12)9(13)4-7/h2-5H,6,12-13H2,1H3,(H,14,16). The first-order valence-electron chi connectivity index (χ1n) is 4.94. The SMILES string of the molecule is CN1CC(=O)NC=C1c1ccc(N)c(N)c1. The van der Waals surface area contributed by atoms with E-state index in [0.29, 0.717) is 17.9 Å². The van der Waals surface area contributed by atoms with E-state index in [2.05, 4.69) is 5.32 Å². The van der Waals surface area contributed by atoms with E-state index < -0.39 is 0 Å². The van der Waals surface area contributed by atoms with E-state index in [-0.39, 0.29) is 5.91 Å². The maximum atomic E-state index is 11.1. The van der Waals surface area contributed by atoms with Gasteiger partial charge in [0.05, 0.1) is 23.6 Å². The fourth-order valence-corrected chi connectivity index (χ4v) is 1.64. The van der Waals surface area contributed by atoms with Crippen LogP contribution in [0.4, 0.5) is 11.4 Å². The number of anilines is 2. The van der Waals surface area contributed by atoms with Crippen molar-refractivity contribution in [3.05, 3.63) is 30.0 Å². The zero-order chi connectivity index (χ0) is 11.7. The molecular formula is C11H14N4O. The number of benzene rings is 1. The Labute approximate surface area is 93.7 Å². The molecule has 0 aliphatic carbocycles. The molecule has 2 rings (SSSR count). The van der Waals surface area contributed by atoms with Gasteiger partial charge in [0.15, 0.2) is 0 Å². The molecule has 0 bridgehead atoms. The minimum atomic E-state index is -0.0188. The van der Waals surface area contributed by atoms with Gasteiger partial charge in [-0.15, -0.1) is 0 Å². The van der Waals surface area contributed by atoms with Gasteiger partial charge in [-0.05, 0) is 12.1 Å². The van der Waals surface area contributed by atoms with E-state index in [4.69, 9.17) is 11.5 Å². The van der Waals surface area contributed by atoms with Crippen LogP contribution in [0, 0.1) is 0 Å². The quantitative estimate of drug-likeness (QED) is 0.588. The molecular weight excluding hydrogens is 204 g/mol. The zero-order valence-electron chi connectivity index (χ0n) is 9.03. The number of hydrogen-bond donors (Lipinski definition) is 3. The lowest BCUT2D eigenvalue weighted by Gasteiger charge is -2.26. The maximum Gasteiger partial charge on any atom is 0.243 e. The number of nitrogens with zero attached hydrogens (tertiary/aromatic N) is 1. The van der Waals surface area contributed by atoms with Gasteiger partial charge in [0, 0.05) is 18.8 Å². The average molecular weight is 218 g/mol. The van der Waals surface area contributed by atoms with Crippen molar-refractivity contribution >= 4 is 23.0 Å². The summed E-state index contributed by atoms with van der Waals surface area (Å²) in [5.74, 6) is -0.0188. The maximum absolute atomic E-state index is 11.1. The number of nitrogens with one attached hydrogen (secondary N) is 1. The molecule has 5 nitrogen and oxygen atoms in total. The predicted octanol–water partition coefficient (Wildman–Crippen LogP) is 0.211. The highest BCUT2D eigenvalue weighted by Gasteiger charge is 2.16. The molecule has 84 valence electrons. The fraction of sp³-hybridized carbons (Fsp3) is 0.182. The van der Waals surface area contributed by atoms with E-state index in [1.807, 2.05) is 18.0 Å². The Balaban J connectivity index is 2.37. The molecule has 1 heterocycles. The number of nitrogens with two attached hydrogens (primary N) is 2. The Bertz CT molecular complexity index is 467. The summed E-state index contributed by atoms with van der Waals surface area (Å²) in [6.07, 6.45) is 1.68. The third-order valence-corrected chi connectivity index (χ3v) is 2.54. The molecule has 0 saturated heterocycles. The molecule has 0 aromatic heterocycles. The van der Waals surface area contributed by atoms with Crippen molar-refractivity contribution in [3.8, 4) is 0 Å². The van der Waals surface area contributed by atoms with Gasteiger partial charge in [0.25, 0.3) is 0 Å². The van der Waals surface area contributed by atoms with Crippen LogP contribution < -0.4 is 16.8 Å². The highest BCUT2D eigenvalue weighted by atomic mass is 16.2. The number of hydrogen-bond acceptors (Lipinski definition) is 4. The first kappa shape index (κ1) is 10.4. The van der Waals surface area contributed by atoms with Crippen LogP contribution in [0.1, 0.15) is 5.56 Å². The smallest absolute Gasteiger partial charge is 0.243 e. The van der Waals surface area contributed by atoms with Gasteiger partial charge in [0.2, 0.25) is 5.91 Å². The van der Waals surface area contributed by atoms with Crippen LogP contribution in [0.3, 0.4) is 0 Å². The lowest BCUT2D eigenvalue weighted by Crippen LogP contribution is -2.37. The van der Waals surface area contributed by atoms with Crippen molar-refractivity contribution in [1.82, 2.24) is 10.2 Å². The van der Waals surface area contributed by atoms with Crippen molar-refractivity contribution in [3.63, 3.8) is 0 Å². The number of nitrogen functional groups attached to an aromatic ring is 2. The second kappa shape index (κ2) is 3.77. The summed E-state index contributed by atoms with van der Waals surface area (Å²) in [7, 11) is 1.86. The molecule has 0 fully saturated rings. The van der Waals surface area contributed by atoms with Crippen LogP contribution in [0.25, 0.3) is 5.70 Å². The number of rotatable bonds is 1. The van der Waals surface area contributed by atoms with Crippen LogP contribution >= 0.6 is 0 Å². The van der Waals surface area contributed by atoms with E-state index in [1.54, 1.807) is 18.3 Å². The van der Waals surface area contributed by atoms with Gasteiger partial charge in [-0.2, -0.15) is 0 Å². The molecule has 0 saturated carbocycles. The summed E-state index contributed by atoms with van der Waals surface area (Å²) in [5, 5.41) is 2.68. The Morgan fingerprint density at radius 2 is 2.06 bits per heavy atom. The Morgan fingerprint density at radius 1 is 1.31 bits per heavy atom. The Hall–Kier alpha value is -2.17. The van der Waals surface area contributed by atoms with Gasteiger partial charge >= 0.3 is 0 Å². The van der Waals surface area contributed by atoms with Crippen molar-refractivity contribution < 1.29 is 4.79 Å². The third kappa shape index (κ3) is 1.79. The largest absolute Gasteiger partial charge is 0.397 e. The molecule has 1 aliphatic rings. The molecule has 5 N–H and O–H groups in total. The van der Waals surface area contributed by atoms with Gasteiger partial charge in [-0.3, -0.25) is 4.79 Å². The van der Waals surface area contributed by atoms with Crippen LogP contribution in [-0.2, 0) is 4.79 Å². The first-order chi connectivity index (χ1) is 7.58. The summed E-state index contributed by atoms with van der Waals surface area (Å²) in [6, 6.07) is 5.44. The molecule has 1 amide bonds. The normalized spacial score (nSPS) is 15.7. The van der Waals surface area contributed by atoms with Crippen molar-refractivity contribution in [2.45, 2.75) is 0 Å². The average Bonchev–Trinajstić information content (AvgIpc) is 2.22. The highest BCUT2D eigenvalue weighted by molar-refractivity contribution is 5.86. The molecule has 0 atom stereocenters. The highest BCUT2D eigenvalue weighted by Crippen LogP contribution is 2.24. The summed E-state index contributed by atoms with van der Waals surface area (Å²) < 4.78 is 0. The summed E-state index contributed by atoms with van der Waals surface area (Å²) >= 11 is 0. The third-order valence-electron chi connectivity index (χ3n) is 2.54. The molecule has 16 heavy (non-hydrogen) atoms. The van der Waals surface area contributed by atoms with Crippen LogP contribution in [0.2, 0.25) is 0 Å². The van der Waals surface area contributed by atoms with Gasteiger partial charge in [0.1, 0.15) is 0 Å². The minimum Gasteiger partial charge on any atom is -0.397 e. The lowest BCUT2D eigenvalue weighted by molar-refractivity contribution is -0.120. The predicted molar refractivity (Wildman–Crippen MR) is 64.0 cm³/mol. The summed E-state index contributed by atoms with van der Waals surface area (Å²) in [6.45, 7) is 0.343. The molecule has 0 radical (unpaired) electrons. The fourth-order valence-electron chi connectivity index (χ4n) is 1.64. The van der Waals surface area contributed by atoms with Crippen molar-refractivity contribution in [2.24, 2.45) is 0 Å². The summed E-state index contributed by atoms with van der Waals surface area (Å²) in [4.78, 5) is 13.0. The topological polar surface area (TPSA) is 84.4 Å². The molecule has 1 aromatic carbocycles. The molecule has 0 spiro atoms. The molecule has 1 aliphatic heterocycles. The number of amides is 1. The lowest BCUT2D eigenvalue weighted by atomic mass is 10.1. The first-order valence-corrected chi connectivity index (χ1v) is 4.94. The number of carbonyl (C=O) groups is 1. The van der Waals surface area contributed by atoms with Gasteiger partial charge in [-0.25, -0.2) is 0 Å². The molecule has 5 heteroatoms. The Morgan fingerprint density at radius 3 is 2.69 bits per heavy atom. The minimum absolute atomic E-state index is 0.0188. The van der Waals surface area contributed by atoms with Crippen molar-refractivity contribution in [2.75, 3.05) is 25.1 Å². The van der Waals surface area contributed by atoms with Crippen LogP contribution in [0.15, 0.2) is 24.4 Å². The van der Waals surface area contributed by atoms with Gasteiger partial charge < -0.3 is 21.7 Å². The van der Waals surface area contributed by atoms with E-state index in [9.17, 15) is 4.79 Å². The van der Waals surface area contributed by atoms with E-state index >= 15 is 0 Å². The van der Waals surface area contributed by atoms with Crippen LogP contribution in [-0.4, -0.2) is 24.4 Å². The second-order valence-electron chi connectivity index (χ2n) is 3.80. The van der Waals surface area contributed by atoms with Gasteiger partial charge in [-0.1, -0.05) is 6.07 Å². The zero-order valence-corrected chi connectivity index (χ0v) is 9.03. The number of likely N-dealkylation sites (N-methyl/N-ethyl adjacent to an activating group) is 1. The second-order valence-corrected chi connectivity index (χ2v) is 3.80. The molecule has 0 unspecified atom stereocenters. The van der Waals surface area contributed by atoms with Crippen molar-refractivity contribution in [1.29, 1.82) is 0 Å². The summed E-state index contributed by atoms with van der Waals surface area (Å²) in [5.41, 5.74) is 14.4. The molecule has 1 aromatic rings. The van der Waals surface area contributed by atoms with Crippen LogP contribution in [0.5, 0.6) is 0 Å². The number of carbonyl (C=O) groups excluding carboxylic acids is 1.